The highest BCUT2D eigenvalue weighted by atomic mass is 79.9. The second-order valence-electron chi connectivity index (χ2n) is 5.54. The molecule has 0 amide bonds. The summed E-state index contributed by atoms with van der Waals surface area (Å²) in [5.41, 5.74) is 2.54. The van der Waals surface area contributed by atoms with E-state index in [0.717, 1.165) is 16.9 Å². The number of ketones is 1. The summed E-state index contributed by atoms with van der Waals surface area (Å²) in [5.74, 6) is 1.30. The van der Waals surface area contributed by atoms with E-state index in [9.17, 15) is 4.79 Å². The molecule has 2 rings (SSSR count). The second kappa shape index (κ2) is 9.20. The molecule has 0 aliphatic rings. The molecule has 5 heteroatoms. The van der Waals surface area contributed by atoms with Crippen LogP contribution in [0.15, 0.2) is 55.1 Å². The number of carbonyl (C=O) groups is 1. The molecular weight excluding hydrogens is 448 g/mol. The van der Waals surface area contributed by atoms with Crippen molar-refractivity contribution in [1.29, 1.82) is 0 Å². The lowest BCUT2D eigenvalue weighted by Crippen LogP contribution is -2.20. The van der Waals surface area contributed by atoms with Crippen LogP contribution in [0.1, 0.15) is 26.3 Å². The van der Waals surface area contributed by atoms with Crippen LogP contribution in [0.2, 0.25) is 0 Å². The summed E-state index contributed by atoms with van der Waals surface area (Å²) < 4.78 is 10.8. The number of ether oxygens (including phenoxy) is 2. The summed E-state index contributed by atoms with van der Waals surface area (Å²) in [6, 6.07) is 13.2. The van der Waals surface area contributed by atoms with E-state index in [1.807, 2.05) is 49.4 Å². The highest BCUT2D eigenvalue weighted by Gasteiger charge is 2.28. The lowest BCUT2D eigenvalue weighted by molar-refractivity contribution is 0.0987. The Labute approximate surface area is 165 Å². The Hall–Kier alpha value is -1.59. The molecule has 0 saturated carbocycles. The largest absolute Gasteiger partial charge is 0.497 e. The van der Waals surface area contributed by atoms with Crippen LogP contribution in [-0.4, -0.2) is 24.3 Å². The highest BCUT2D eigenvalue weighted by molar-refractivity contribution is 9.12. The third-order valence-electron chi connectivity index (χ3n) is 3.70. The molecule has 0 spiro atoms. The number of rotatable bonds is 8. The van der Waals surface area contributed by atoms with Gasteiger partial charge in [0, 0.05) is 0 Å². The number of benzene rings is 2. The van der Waals surface area contributed by atoms with Gasteiger partial charge >= 0.3 is 0 Å². The van der Waals surface area contributed by atoms with E-state index in [1.165, 1.54) is 0 Å². The van der Waals surface area contributed by atoms with Crippen LogP contribution in [0, 0.1) is 6.92 Å². The average Bonchev–Trinajstić information content (AvgIpc) is 2.65. The topological polar surface area (TPSA) is 35.5 Å². The van der Waals surface area contributed by atoms with E-state index in [2.05, 4.69) is 38.4 Å². The molecule has 0 aromatic heterocycles. The molecule has 25 heavy (non-hydrogen) atoms. The van der Waals surface area contributed by atoms with Crippen molar-refractivity contribution in [3.8, 4) is 11.5 Å². The summed E-state index contributed by atoms with van der Waals surface area (Å²) >= 11 is 7.17. The van der Waals surface area contributed by atoms with E-state index in [4.69, 9.17) is 9.47 Å². The number of hydrogen-bond acceptors (Lipinski definition) is 3. The minimum atomic E-state index is -0.436. The van der Waals surface area contributed by atoms with Gasteiger partial charge in [0.2, 0.25) is 0 Å². The van der Waals surface area contributed by atoms with Crippen LogP contribution < -0.4 is 9.47 Å². The second-order valence-corrected chi connectivity index (χ2v) is 7.51. The van der Waals surface area contributed by atoms with Crippen LogP contribution in [0.5, 0.6) is 11.5 Å². The fraction of sp³-hybridized carbons (Fsp3) is 0.250. The van der Waals surface area contributed by atoms with Gasteiger partial charge in [-0.05, 0) is 36.8 Å². The molecule has 0 bridgehead atoms. The van der Waals surface area contributed by atoms with Gasteiger partial charge in [-0.15, -0.1) is 0 Å². The molecule has 2 atom stereocenters. The van der Waals surface area contributed by atoms with Gasteiger partial charge in [-0.3, -0.25) is 4.79 Å². The van der Waals surface area contributed by atoms with Crippen molar-refractivity contribution in [2.24, 2.45) is 0 Å². The molecule has 132 valence electrons. The summed E-state index contributed by atoms with van der Waals surface area (Å²) in [5, 5.41) is 0. The maximum absolute atomic E-state index is 13.0. The Morgan fingerprint density at radius 1 is 1.20 bits per heavy atom. The molecule has 2 unspecified atom stereocenters. The van der Waals surface area contributed by atoms with Crippen LogP contribution >= 0.6 is 31.9 Å². The van der Waals surface area contributed by atoms with Crippen LogP contribution in [0.3, 0.4) is 0 Å². The predicted molar refractivity (Wildman–Crippen MR) is 109 cm³/mol. The zero-order chi connectivity index (χ0) is 18.4. The average molecular weight is 468 g/mol. The van der Waals surface area contributed by atoms with Crippen molar-refractivity contribution in [2.75, 3.05) is 13.7 Å². The Bertz CT molecular complexity index is 741. The maximum Gasteiger partial charge on any atom is 0.181 e. The monoisotopic (exact) mass is 466 g/mol. The molecule has 0 aliphatic heterocycles. The van der Waals surface area contributed by atoms with Crippen molar-refractivity contribution in [3.63, 3.8) is 0 Å². The SMILES string of the molecule is C=CCOc1ccc(C)cc1C(=O)C(Br)C(Br)c1ccc(OC)cc1. The summed E-state index contributed by atoms with van der Waals surface area (Å²) in [7, 11) is 1.62. The quantitative estimate of drug-likeness (QED) is 0.286. The molecule has 0 aliphatic carbocycles. The predicted octanol–water partition coefficient (Wildman–Crippen LogP) is 5.65. The van der Waals surface area contributed by atoms with Gasteiger partial charge in [0.25, 0.3) is 0 Å². The summed E-state index contributed by atoms with van der Waals surface area (Å²) in [6.07, 6.45) is 1.66. The fourth-order valence-electron chi connectivity index (χ4n) is 2.35. The molecule has 0 N–H and O–H groups in total. The van der Waals surface area contributed by atoms with Gasteiger partial charge in [0.15, 0.2) is 5.78 Å². The number of carbonyl (C=O) groups excluding carboxylic acids is 1. The van der Waals surface area contributed by atoms with Crippen molar-refractivity contribution < 1.29 is 14.3 Å². The van der Waals surface area contributed by atoms with Crippen LogP contribution in [0.4, 0.5) is 0 Å². The molecule has 0 heterocycles. The first kappa shape index (κ1) is 19.7. The Kier molecular flexibility index (Phi) is 7.26. The lowest BCUT2D eigenvalue weighted by Gasteiger charge is -2.18. The van der Waals surface area contributed by atoms with E-state index >= 15 is 0 Å². The minimum Gasteiger partial charge on any atom is -0.497 e. The molecule has 0 fully saturated rings. The number of halogens is 2. The van der Waals surface area contributed by atoms with Crippen molar-refractivity contribution in [2.45, 2.75) is 16.6 Å². The van der Waals surface area contributed by atoms with Crippen molar-refractivity contribution in [3.05, 3.63) is 71.8 Å². The molecule has 0 radical (unpaired) electrons. The number of methoxy groups -OCH3 is 1. The van der Waals surface area contributed by atoms with E-state index in [0.29, 0.717) is 17.9 Å². The van der Waals surface area contributed by atoms with Gasteiger partial charge in [0.05, 0.1) is 22.3 Å². The fourth-order valence-corrected chi connectivity index (χ4v) is 3.45. The Balaban J connectivity index is 2.25. The standard InChI is InChI=1S/C20H20Br2O3/c1-4-11-25-17-10-5-13(2)12-16(17)20(23)19(22)18(21)14-6-8-15(24-3)9-7-14/h4-10,12,18-19H,1,11H2,2-3H3. The Morgan fingerprint density at radius 2 is 1.88 bits per heavy atom. The van der Waals surface area contributed by atoms with Gasteiger partial charge in [-0.2, -0.15) is 0 Å². The van der Waals surface area contributed by atoms with E-state index in [1.54, 1.807) is 13.2 Å². The first-order valence-corrected chi connectivity index (χ1v) is 9.61. The van der Waals surface area contributed by atoms with Gasteiger partial charge < -0.3 is 9.47 Å². The zero-order valence-corrected chi connectivity index (χ0v) is 17.3. The number of alkyl halides is 2. The number of Topliss-reactive ketones (excluding diaryl/α,β-unsaturated/α-hetero) is 1. The minimum absolute atomic E-state index is 0.0412. The molecule has 2 aromatic rings. The highest BCUT2D eigenvalue weighted by Crippen LogP contribution is 2.35. The lowest BCUT2D eigenvalue weighted by atomic mass is 10.00. The van der Waals surface area contributed by atoms with Gasteiger partial charge in [-0.1, -0.05) is 68.3 Å². The maximum atomic E-state index is 13.0. The number of aryl methyl sites for hydroxylation is 1. The summed E-state index contributed by atoms with van der Waals surface area (Å²) in [4.78, 5) is 12.4. The van der Waals surface area contributed by atoms with Crippen LogP contribution in [-0.2, 0) is 0 Å². The Morgan fingerprint density at radius 3 is 2.48 bits per heavy atom. The van der Waals surface area contributed by atoms with E-state index in [-0.39, 0.29) is 10.6 Å². The van der Waals surface area contributed by atoms with Crippen LogP contribution in [0.25, 0.3) is 0 Å². The summed E-state index contributed by atoms with van der Waals surface area (Å²) in [6.45, 7) is 5.95. The zero-order valence-electron chi connectivity index (χ0n) is 14.2. The molecule has 0 saturated heterocycles. The van der Waals surface area contributed by atoms with Crippen molar-refractivity contribution in [1.82, 2.24) is 0 Å². The molecular formula is C20H20Br2O3. The first-order valence-electron chi connectivity index (χ1n) is 7.78. The first-order chi connectivity index (χ1) is 12.0. The van der Waals surface area contributed by atoms with Gasteiger partial charge in [-0.25, -0.2) is 0 Å². The van der Waals surface area contributed by atoms with Crippen molar-refractivity contribution >= 4 is 37.6 Å². The van der Waals surface area contributed by atoms with E-state index < -0.39 is 4.83 Å². The third-order valence-corrected chi connectivity index (χ3v) is 6.41. The molecule has 2 aromatic carbocycles. The third kappa shape index (κ3) is 4.95. The number of hydrogen-bond donors (Lipinski definition) is 0. The smallest absolute Gasteiger partial charge is 0.181 e. The molecule has 3 nitrogen and oxygen atoms in total. The van der Waals surface area contributed by atoms with Gasteiger partial charge in [0.1, 0.15) is 18.1 Å². The normalized spacial score (nSPS) is 13.0.